The van der Waals surface area contributed by atoms with Crippen LogP contribution < -0.4 is 0 Å². The highest BCUT2D eigenvalue weighted by Crippen LogP contribution is 2.24. The molecule has 1 aromatic heterocycles. The van der Waals surface area contributed by atoms with E-state index in [-0.39, 0.29) is 0 Å². The lowest BCUT2D eigenvalue weighted by atomic mass is 10.1. The van der Waals surface area contributed by atoms with Crippen LogP contribution in [0.25, 0.3) is 11.3 Å². The first-order valence-corrected chi connectivity index (χ1v) is 5.04. The number of nitrogens with zero attached hydrogens (tertiary/aromatic N) is 1. The highest BCUT2D eigenvalue weighted by molar-refractivity contribution is 14.1. The summed E-state index contributed by atoms with van der Waals surface area (Å²) in [6.07, 6.45) is 0. The first kappa shape index (κ1) is 8.74. The Balaban J connectivity index is 2.53. The first-order chi connectivity index (χ1) is 6.29. The molecule has 0 unspecified atom stereocenters. The van der Waals surface area contributed by atoms with Crippen LogP contribution in [-0.2, 0) is 0 Å². The van der Waals surface area contributed by atoms with E-state index in [1.54, 1.807) is 0 Å². The second-order valence-electron chi connectivity index (χ2n) is 2.80. The number of hydrogen-bond donors (Lipinski definition) is 0. The molecule has 2 aromatic rings. The van der Waals surface area contributed by atoms with Crippen molar-refractivity contribution in [3.05, 3.63) is 39.7 Å². The predicted octanol–water partition coefficient (Wildman–Crippen LogP) is 3.25. The van der Waals surface area contributed by atoms with Crippen LogP contribution in [0.2, 0.25) is 0 Å². The number of aromatic nitrogens is 1. The topological polar surface area (TPSA) is 26.0 Å². The summed E-state index contributed by atoms with van der Waals surface area (Å²) in [5.41, 5.74) is 3.14. The molecule has 0 aliphatic rings. The van der Waals surface area contributed by atoms with E-state index in [1.807, 2.05) is 37.3 Å². The second-order valence-corrected chi connectivity index (χ2v) is 3.78. The zero-order valence-corrected chi connectivity index (χ0v) is 9.28. The molecule has 13 heavy (non-hydrogen) atoms. The maximum atomic E-state index is 5.09. The molecule has 0 spiro atoms. The molecule has 0 aliphatic carbocycles. The van der Waals surface area contributed by atoms with Gasteiger partial charge in [-0.3, -0.25) is 0 Å². The van der Waals surface area contributed by atoms with Crippen molar-refractivity contribution in [2.24, 2.45) is 0 Å². The highest BCUT2D eigenvalue weighted by atomic mass is 127. The Morgan fingerprint density at radius 1 is 1.23 bits per heavy atom. The van der Waals surface area contributed by atoms with Crippen molar-refractivity contribution >= 4 is 22.6 Å². The second kappa shape index (κ2) is 3.49. The van der Waals surface area contributed by atoms with Crippen LogP contribution >= 0.6 is 22.6 Å². The van der Waals surface area contributed by atoms with Gasteiger partial charge in [-0.25, -0.2) is 0 Å². The van der Waals surface area contributed by atoms with Crippen LogP contribution in [0.1, 0.15) is 5.56 Å². The fourth-order valence-corrected chi connectivity index (χ4v) is 1.53. The number of rotatable bonds is 1. The van der Waals surface area contributed by atoms with Crippen molar-refractivity contribution in [1.82, 2.24) is 5.16 Å². The van der Waals surface area contributed by atoms with E-state index in [0.717, 1.165) is 20.6 Å². The fraction of sp³-hybridized carbons (Fsp3) is 0.100. The van der Waals surface area contributed by atoms with Crippen LogP contribution in [0.15, 0.2) is 34.9 Å². The quantitative estimate of drug-likeness (QED) is 0.752. The Morgan fingerprint density at radius 2 is 1.92 bits per heavy atom. The van der Waals surface area contributed by atoms with Crippen molar-refractivity contribution in [2.45, 2.75) is 6.92 Å². The largest absolute Gasteiger partial charge is 0.350 e. The zero-order valence-electron chi connectivity index (χ0n) is 7.12. The van der Waals surface area contributed by atoms with E-state index in [4.69, 9.17) is 4.52 Å². The lowest BCUT2D eigenvalue weighted by Gasteiger charge is -1.94. The Morgan fingerprint density at radius 3 is 2.46 bits per heavy atom. The smallest absolute Gasteiger partial charge is 0.199 e. The summed E-state index contributed by atoms with van der Waals surface area (Å²) in [4.78, 5) is 0. The van der Waals surface area contributed by atoms with Gasteiger partial charge in [0.2, 0.25) is 0 Å². The first-order valence-electron chi connectivity index (χ1n) is 3.96. The van der Waals surface area contributed by atoms with Gasteiger partial charge in [-0.2, -0.15) is 0 Å². The van der Waals surface area contributed by atoms with Crippen LogP contribution in [0.4, 0.5) is 0 Å². The monoisotopic (exact) mass is 285 g/mol. The SMILES string of the molecule is Cc1c(-c2ccccc2)noc1I. The van der Waals surface area contributed by atoms with Crippen molar-refractivity contribution in [2.75, 3.05) is 0 Å². The third-order valence-electron chi connectivity index (χ3n) is 1.91. The lowest BCUT2D eigenvalue weighted by Crippen LogP contribution is -1.79. The van der Waals surface area contributed by atoms with E-state index in [1.165, 1.54) is 0 Å². The molecule has 1 aromatic carbocycles. The molecule has 0 saturated carbocycles. The molecular formula is C10H8INO. The van der Waals surface area contributed by atoms with Gasteiger partial charge in [0.05, 0.1) is 0 Å². The van der Waals surface area contributed by atoms with Gasteiger partial charge in [0.15, 0.2) is 3.77 Å². The molecule has 2 nitrogen and oxygen atoms in total. The molecule has 3 heteroatoms. The van der Waals surface area contributed by atoms with Crippen molar-refractivity contribution < 1.29 is 4.52 Å². The van der Waals surface area contributed by atoms with E-state index in [9.17, 15) is 0 Å². The normalized spacial score (nSPS) is 10.3. The van der Waals surface area contributed by atoms with Gasteiger partial charge in [-0.05, 0) is 6.92 Å². The van der Waals surface area contributed by atoms with Crippen LogP contribution in [0.3, 0.4) is 0 Å². The molecule has 0 radical (unpaired) electrons. The minimum absolute atomic E-state index is 0.858. The van der Waals surface area contributed by atoms with Gasteiger partial charge < -0.3 is 4.52 Å². The molecule has 66 valence electrons. The average molecular weight is 285 g/mol. The molecule has 2 rings (SSSR count). The van der Waals surface area contributed by atoms with Gasteiger partial charge in [-0.1, -0.05) is 35.5 Å². The number of benzene rings is 1. The third kappa shape index (κ3) is 1.60. The molecule has 0 aliphatic heterocycles. The van der Waals surface area contributed by atoms with Crippen LogP contribution in [-0.4, -0.2) is 5.16 Å². The summed E-state index contributed by atoms with van der Waals surface area (Å²) in [7, 11) is 0. The Hall–Kier alpha value is -0.840. The van der Waals surface area contributed by atoms with Crippen molar-refractivity contribution in [3.63, 3.8) is 0 Å². The van der Waals surface area contributed by atoms with E-state index in [0.29, 0.717) is 0 Å². The molecule has 0 amide bonds. The maximum absolute atomic E-state index is 5.09. The maximum Gasteiger partial charge on any atom is 0.199 e. The standard InChI is InChI=1S/C10H8INO/c1-7-9(12-13-10(7)11)8-5-3-2-4-6-8/h2-6H,1H3. The summed E-state index contributed by atoms with van der Waals surface area (Å²) in [6.45, 7) is 2.01. The van der Waals surface area contributed by atoms with Gasteiger partial charge in [0.1, 0.15) is 5.69 Å². The molecule has 1 heterocycles. The molecule has 0 atom stereocenters. The summed E-state index contributed by atoms with van der Waals surface area (Å²) < 4.78 is 5.94. The molecule has 0 fully saturated rings. The van der Waals surface area contributed by atoms with Gasteiger partial charge in [-0.15, -0.1) is 0 Å². The predicted molar refractivity (Wildman–Crippen MR) is 59.4 cm³/mol. The molecule has 0 N–H and O–H groups in total. The lowest BCUT2D eigenvalue weighted by molar-refractivity contribution is 0.399. The van der Waals surface area contributed by atoms with Gasteiger partial charge in [0, 0.05) is 33.7 Å². The van der Waals surface area contributed by atoms with E-state index < -0.39 is 0 Å². The molecular weight excluding hydrogens is 277 g/mol. The van der Waals surface area contributed by atoms with Gasteiger partial charge in [0.25, 0.3) is 0 Å². The van der Waals surface area contributed by atoms with Crippen LogP contribution in [0, 0.1) is 10.7 Å². The fourth-order valence-electron chi connectivity index (χ4n) is 1.18. The van der Waals surface area contributed by atoms with E-state index >= 15 is 0 Å². The Bertz CT molecular complexity index is 408. The molecule has 0 saturated heterocycles. The number of hydrogen-bond acceptors (Lipinski definition) is 2. The summed E-state index contributed by atoms with van der Waals surface area (Å²) in [5.74, 6) is 0. The minimum atomic E-state index is 0.858. The third-order valence-corrected chi connectivity index (χ3v) is 2.92. The van der Waals surface area contributed by atoms with Crippen LogP contribution in [0.5, 0.6) is 0 Å². The summed E-state index contributed by atoms with van der Waals surface area (Å²) in [5, 5.41) is 4.00. The minimum Gasteiger partial charge on any atom is -0.350 e. The zero-order chi connectivity index (χ0) is 9.26. The van der Waals surface area contributed by atoms with Crippen molar-refractivity contribution in [3.8, 4) is 11.3 Å². The van der Waals surface area contributed by atoms with Crippen molar-refractivity contribution in [1.29, 1.82) is 0 Å². The average Bonchev–Trinajstić information content (AvgIpc) is 2.49. The highest BCUT2D eigenvalue weighted by Gasteiger charge is 2.09. The summed E-state index contributed by atoms with van der Waals surface area (Å²) >= 11 is 2.14. The number of halogens is 1. The Kier molecular flexibility index (Phi) is 2.35. The van der Waals surface area contributed by atoms with E-state index in [2.05, 4.69) is 27.7 Å². The summed E-state index contributed by atoms with van der Waals surface area (Å²) in [6, 6.07) is 10.0. The molecule has 0 bridgehead atoms. The Labute approximate surface area is 90.1 Å². The van der Waals surface area contributed by atoms with Gasteiger partial charge >= 0.3 is 0 Å².